The summed E-state index contributed by atoms with van der Waals surface area (Å²) < 4.78 is 28.6. The van der Waals surface area contributed by atoms with Gasteiger partial charge < -0.3 is 10.2 Å². The first-order chi connectivity index (χ1) is 12.3. The number of aromatic hydroxyl groups is 2. The predicted octanol–water partition coefficient (Wildman–Crippen LogP) is 2.84. The van der Waals surface area contributed by atoms with Gasteiger partial charge in [-0.25, -0.2) is 0 Å². The summed E-state index contributed by atoms with van der Waals surface area (Å²) in [4.78, 5) is 14.0. The Hall–Kier alpha value is -2.30. The average molecular weight is 410 g/mol. The number of hydrogen-bond acceptors (Lipinski definition) is 7. The maximum absolute atomic E-state index is 12.5. The zero-order valence-corrected chi connectivity index (χ0v) is 15.9. The summed E-state index contributed by atoms with van der Waals surface area (Å²) >= 11 is 1.97. The van der Waals surface area contributed by atoms with Gasteiger partial charge in [-0.2, -0.15) is 8.42 Å². The normalized spacial score (nSPS) is 18.2. The lowest BCUT2D eigenvalue weighted by Gasteiger charge is -2.11. The Labute approximate surface area is 158 Å². The van der Waals surface area contributed by atoms with Crippen LogP contribution in [0.1, 0.15) is 12.5 Å². The zero-order chi connectivity index (χ0) is 18.9. The lowest BCUT2D eigenvalue weighted by Crippen LogP contribution is -2.29. The van der Waals surface area contributed by atoms with E-state index in [1.807, 2.05) is 0 Å². The molecule has 1 aromatic heterocycles. The second kappa shape index (κ2) is 7.14. The van der Waals surface area contributed by atoms with Crippen LogP contribution >= 0.6 is 23.1 Å². The molecule has 0 saturated carbocycles. The number of likely N-dealkylation sites (N-methyl/N-ethyl adjacent to an activating group) is 1. The van der Waals surface area contributed by atoms with E-state index in [-0.39, 0.29) is 32.3 Å². The van der Waals surface area contributed by atoms with Gasteiger partial charge in [0.05, 0.1) is 4.91 Å². The number of nitrogens with zero attached hydrogens (tertiary/aromatic N) is 2. The van der Waals surface area contributed by atoms with Gasteiger partial charge in [-0.15, -0.1) is 15.7 Å². The number of phenols is 2. The van der Waals surface area contributed by atoms with E-state index in [0.717, 1.165) is 29.2 Å². The fraction of sp³-hybridized carbons (Fsp3) is 0.125. The van der Waals surface area contributed by atoms with Gasteiger partial charge >= 0.3 is 0 Å². The number of phenolic OH excluding ortho intramolecular Hbond substituents is 2. The van der Waals surface area contributed by atoms with Crippen molar-refractivity contribution in [2.75, 3.05) is 6.54 Å². The van der Waals surface area contributed by atoms with E-state index in [4.69, 9.17) is 0 Å². The molecule has 7 nitrogen and oxygen atoms in total. The van der Waals surface area contributed by atoms with E-state index in [1.165, 1.54) is 29.2 Å². The van der Waals surface area contributed by atoms with Crippen LogP contribution < -0.4 is 0 Å². The summed E-state index contributed by atoms with van der Waals surface area (Å²) in [6, 6.07) is 7.06. The second-order valence-corrected chi connectivity index (χ2v) is 8.97. The van der Waals surface area contributed by atoms with Crippen molar-refractivity contribution in [3.8, 4) is 11.5 Å². The predicted molar refractivity (Wildman–Crippen MR) is 102 cm³/mol. The largest absolute Gasteiger partial charge is 0.508 e. The first kappa shape index (κ1) is 18.5. The maximum atomic E-state index is 12.5. The van der Waals surface area contributed by atoms with E-state index in [2.05, 4.69) is 4.40 Å². The molecule has 3 rings (SSSR count). The molecule has 1 saturated heterocycles. The molecule has 26 heavy (non-hydrogen) atoms. The van der Waals surface area contributed by atoms with E-state index in [0.29, 0.717) is 5.56 Å². The van der Waals surface area contributed by atoms with Crippen LogP contribution in [-0.4, -0.2) is 41.2 Å². The molecule has 1 amide bonds. The van der Waals surface area contributed by atoms with Crippen LogP contribution in [-0.2, 0) is 14.8 Å². The topological polar surface area (TPSA) is 107 Å². The molecule has 0 bridgehead atoms. The molecule has 0 aliphatic carbocycles. The number of thiophene rings is 1. The van der Waals surface area contributed by atoms with Gasteiger partial charge in [0.25, 0.3) is 15.9 Å². The van der Waals surface area contributed by atoms with Crippen molar-refractivity contribution in [3.05, 3.63) is 46.2 Å². The Bertz CT molecular complexity index is 1010. The van der Waals surface area contributed by atoms with E-state index >= 15 is 0 Å². The number of amidine groups is 1. The fourth-order valence-corrected chi connectivity index (χ4v) is 5.41. The van der Waals surface area contributed by atoms with Crippen molar-refractivity contribution in [2.24, 2.45) is 4.40 Å². The monoisotopic (exact) mass is 410 g/mol. The average Bonchev–Trinajstić information content (AvgIpc) is 3.20. The van der Waals surface area contributed by atoms with E-state index < -0.39 is 15.9 Å². The van der Waals surface area contributed by atoms with Gasteiger partial charge in [0.2, 0.25) is 0 Å². The number of carbonyl (C=O) groups excluding carboxylic acids is 1. The molecule has 1 aliphatic rings. The third kappa shape index (κ3) is 3.62. The molecule has 136 valence electrons. The first-order valence-corrected chi connectivity index (χ1v) is 10.6. The van der Waals surface area contributed by atoms with Crippen LogP contribution in [0.3, 0.4) is 0 Å². The molecule has 2 heterocycles. The van der Waals surface area contributed by atoms with Crippen molar-refractivity contribution in [1.82, 2.24) is 4.90 Å². The minimum absolute atomic E-state index is 0.0652. The Kier molecular flexibility index (Phi) is 5.08. The van der Waals surface area contributed by atoms with Crippen molar-refractivity contribution in [3.63, 3.8) is 0 Å². The van der Waals surface area contributed by atoms with Gasteiger partial charge in [0.1, 0.15) is 15.7 Å². The molecule has 10 heteroatoms. The van der Waals surface area contributed by atoms with Gasteiger partial charge in [-0.1, -0.05) is 6.07 Å². The SMILES string of the molecule is CCN1C(=O)C(=Cc2ccc(O)cc2O)SC1=NS(=O)(=O)c1cccs1. The molecular weight excluding hydrogens is 396 g/mol. The number of hydrogen-bond donors (Lipinski definition) is 2. The number of rotatable bonds is 4. The molecule has 2 N–H and O–H groups in total. The van der Waals surface area contributed by atoms with Crippen LogP contribution in [0.15, 0.2) is 49.2 Å². The Morgan fingerprint density at radius 3 is 2.65 bits per heavy atom. The number of sulfonamides is 1. The summed E-state index contributed by atoms with van der Waals surface area (Å²) in [7, 11) is -3.89. The van der Waals surface area contributed by atoms with Gasteiger partial charge in [0.15, 0.2) is 5.17 Å². The molecule has 1 fully saturated rings. The number of carbonyl (C=O) groups is 1. The summed E-state index contributed by atoms with van der Waals surface area (Å²) in [6.45, 7) is 1.97. The Morgan fingerprint density at radius 1 is 1.27 bits per heavy atom. The van der Waals surface area contributed by atoms with Gasteiger partial charge in [0, 0.05) is 18.2 Å². The molecular formula is C16H14N2O5S3. The summed E-state index contributed by atoms with van der Waals surface area (Å²) in [6.07, 6.45) is 1.44. The minimum Gasteiger partial charge on any atom is -0.508 e. The van der Waals surface area contributed by atoms with Crippen molar-refractivity contribution < 1.29 is 23.4 Å². The molecule has 2 aromatic rings. The number of thioether (sulfide) groups is 1. The smallest absolute Gasteiger partial charge is 0.294 e. The lowest BCUT2D eigenvalue weighted by atomic mass is 10.1. The maximum Gasteiger partial charge on any atom is 0.294 e. The highest BCUT2D eigenvalue weighted by molar-refractivity contribution is 8.19. The Morgan fingerprint density at radius 2 is 2.04 bits per heavy atom. The molecule has 0 unspecified atom stereocenters. The van der Waals surface area contributed by atoms with E-state index in [9.17, 15) is 23.4 Å². The summed E-state index contributed by atoms with van der Waals surface area (Å²) in [5.74, 6) is -0.690. The van der Waals surface area contributed by atoms with E-state index in [1.54, 1.807) is 18.4 Å². The molecule has 0 atom stereocenters. The molecule has 0 radical (unpaired) electrons. The molecule has 1 aromatic carbocycles. The third-order valence-corrected chi connectivity index (χ3v) is 7.21. The third-order valence-electron chi connectivity index (χ3n) is 3.45. The molecule has 0 spiro atoms. The van der Waals surface area contributed by atoms with Crippen molar-refractivity contribution in [1.29, 1.82) is 0 Å². The van der Waals surface area contributed by atoms with Crippen molar-refractivity contribution >= 4 is 50.3 Å². The summed E-state index contributed by atoms with van der Waals surface area (Å²) in [5.41, 5.74) is 0.331. The van der Waals surface area contributed by atoms with Crippen LogP contribution in [0.25, 0.3) is 6.08 Å². The highest BCUT2D eigenvalue weighted by Crippen LogP contribution is 2.35. The highest BCUT2D eigenvalue weighted by Gasteiger charge is 2.34. The van der Waals surface area contributed by atoms with Crippen LogP contribution in [0.5, 0.6) is 11.5 Å². The number of amides is 1. The minimum atomic E-state index is -3.89. The van der Waals surface area contributed by atoms with Gasteiger partial charge in [-0.3, -0.25) is 9.69 Å². The van der Waals surface area contributed by atoms with Crippen molar-refractivity contribution in [2.45, 2.75) is 11.1 Å². The van der Waals surface area contributed by atoms with Crippen LogP contribution in [0.2, 0.25) is 0 Å². The summed E-state index contributed by atoms with van der Waals surface area (Å²) in [5, 5.41) is 20.9. The molecule has 1 aliphatic heterocycles. The highest BCUT2D eigenvalue weighted by atomic mass is 32.2. The lowest BCUT2D eigenvalue weighted by molar-refractivity contribution is -0.122. The zero-order valence-electron chi connectivity index (χ0n) is 13.5. The second-order valence-electron chi connectivity index (χ2n) is 5.18. The Balaban J connectivity index is 1.98. The van der Waals surface area contributed by atoms with Gasteiger partial charge in [-0.05, 0) is 48.3 Å². The quantitative estimate of drug-likeness (QED) is 0.751. The van der Waals surface area contributed by atoms with Crippen LogP contribution in [0, 0.1) is 0 Å². The first-order valence-electron chi connectivity index (χ1n) is 7.43. The standard InChI is InChI=1S/C16H14N2O5S3/c1-2-18-15(21)13(8-10-5-6-11(19)9-12(10)20)25-16(18)17-26(22,23)14-4-3-7-24-14/h3-9,19-20H,2H2,1H3. The number of benzene rings is 1. The van der Waals surface area contributed by atoms with Crippen LogP contribution in [0.4, 0.5) is 0 Å². The fourth-order valence-electron chi connectivity index (χ4n) is 2.21.